The first kappa shape index (κ1) is 5.70. The highest BCUT2D eigenvalue weighted by Gasteiger charge is 1.94. The van der Waals surface area contributed by atoms with Crippen molar-refractivity contribution in [3.63, 3.8) is 0 Å². The molecule has 0 amide bonds. The summed E-state index contributed by atoms with van der Waals surface area (Å²) in [5.74, 6) is -1.36. The van der Waals surface area contributed by atoms with Gasteiger partial charge in [0.2, 0.25) is 0 Å². The molecule has 0 heterocycles. The minimum absolute atomic E-state index is 0.681. The Kier molecular flexibility index (Phi) is 2.73. The van der Waals surface area contributed by atoms with Gasteiger partial charge in [0.15, 0.2) is 0 Å². The summed E-state index contributed by atoms with van der Waals surface area (Å²) in [4.78, 5) is 20.6. The van der Waals surface area contributed by atoms with Crippen molar-refractivity contribution in [1.82, 2.24) is 0 Å². The third-order valence-corrected chi connectivity index (χ3v) is 0.524. The molecule has 0 saturated carbocycles. The fraction of sp³-hybridized carbons (Fsp3) is 0.667. The number of hydrogen-bond donors (Lipinski definition) is 0. The lowest BCUT2D eigenvalue weighted by Crippen LogP contribution is -2.09. The summed E-state index contributed by atoms with van der Waals surface area (Å²) >= 11 is 0. The Morgan fingerprint density at radius 2 is 1.50 bits per heavy atom. The van der Waals surface area contributed by atoms with Crippen LogP contribution < -0.4 is 0 Å². The van der Waals surface area contributed by atoms with Crippen molar-refractivity contribution in [1.29, 1.82) is 0 Å². The SMILES string of the molecule is [2H][13CH](OC(C)=O)[13CH]([2H])OC(C)=O. The standard InChI is InChI=1S/C6H10O4/c1-5(7)9-3-4-10-6(2)8/h3-4H2,1-2H3/i3+1D,4+1D. The van der Waals surface area contributed by atoms with E-state index in [1.165, 1.54) is 0 Å². The molecule has 58 valence electrons. The van der Waals surface area contributed by atoms with Crippen LogP contribution >= 0.6 is 0 Å². The fourth-order valence-electron chi connectivity index (χ4n) is 0.247. The number of esters is 2. The molecule has 0 fully saturated rings. The summed E-state index contributed by atoms with van der Waals surface area (Å²) in [5, 5.41) is 0. The second-order valence-corrected chi connectivity index (χ2v) is 1.49. The number of ether oxygens (including phenoxy) is 2. The van der Waals surface area contributed by atoms with Gasteiger partial charge in [-0.2, -0.15) is 0 Å². The van der Waals surface area contributed by atoms with E-state index in [2.05, 4.69) is 9.47 Å². The van der Waals surface area contributed by atoms with Crippen LogP contribution in [0.3, 0.4) is 0 Å². The van der Waals surface area contributed by atoms with Gasteiger partial charge in [0, 0.05) is 13.8 Å². The van der Waals surface area contributed by atoms with Crippen LogP contribution in [0, 0.1) is 0 Å². The second-order valence-electron chi connectivity index (χ2n) is 1.49. The summed E-state index contributed by atoms with van der Waals surface area (Å²) in [6.07, 6.45) is 0. The molecule has 0 aliphatic rings. The normalized spacial score (nSPS) is 17.8. The first-order chi connectivity index (χ1) is 5.43. The molecule has 0 saturated heterocycles. The maximum absolute atomic E-state index is 10.3. The highest BCUT2D eigenvalue weighted by molar-refractivity contribution is 5.66. The molecule has 4 nitrogen and oxygen atoms in total. The molecular weight excluding hydrogens is 138 g/mol. The van der Waals surface area contributed by atoms with E-state index < -0.39 is 25.1 Å². The molecule has 4 heteroatoms. The molecule has 0 rings (SSSR count). The van der Waals surface area contributed by atoms with E-state index in [1.807, 2.05) is 0 Å². The quantitative estimate of drug-likeness (QED) is 0.423. The van der Waals surface area contributed by atoms with Crippen molar-refractivity contribution in [3.05, 3.63) is 0 Å². The van der Waals surface area contributed by atoms with E-state index in [-0.39, 0.29) is 0 Å². The summed E-state index contributed by atoms with van der Waals surface area (Å²) in [6, 6.07) is 0. The van der Waals surface area contributed by atoms with Gasteiger partial charge in [-0.25, -0.2) is 0 Å². The Hall–Kier alpha value is -1.06. The van der Waals surface area contributed by atoms with Crippen molar-refractivity contribution in [2.24, 2.45) is 0 Å². The molecule has 0 bridgehead atoms. The Morgan fingerprint density at radius 3 is 1.70 bits per heavy atom. The summed E-state index contributed by atoms with van der Waals surface area (Å²) in [7, 11) is 0. The first-order valence-electron chi connectivity index (χ1n) is 3.78. The Labute approximate surface area is 61.9 Å². The maximum atomic E-state index is 10.3. The van der Waals surface area contributed by atoms with Crippen LogP contribution in [0.5, 0.6) is 0 Å². The molecular formula is C6H10O4. The average Bonchev–Trinajstić information content (AvgIpc) is 1.84. The van der Waals surface area contributed by atoms with E-state index >= 15 is 0 Å². The van der Waals surface area contributed by atoms with Gasteiger partial charge >= 0.3 is 11.9 Å². The van der Waals surface area contributed by atoms with Gasteiger partial charge in [-0.05, 0) is 0 Å². The van der Waals surface area contributed by atoms with Crippen LogP contribution in [0.1, 0.15) is 16.6 Å². The number of carbonyl (C=O) groups is 2. The van der Waals surface area contributed by atoms with E-state index in [0.717, 1.165) is 13.8 Å². The molecule has 0 aromatic rings. The van der Waals surface area contributed by atoms with Crippen LogP contribution in [0.4, 0.5) is 0 Å². The van der Waals surface area contributed by atoms with Crippen LogP contribution in [0.25, 0.3) is 0 Å². The predicted octanol–water partition coefficient (Wildman–Crippen LogP) is 0.113. The number of carbonyl (C=O) groups excluding carboxylic acids is 2. The van der Waals surface area contributed by atoms with Crippen LogP contribution in [-0.4, -0.2) is 25.1 Å². The van der Waals surface area contributed by atoms with Crippen LogP contribution in [0.2, 0.25) is 0 Å². The summed E-state index contributed by atoms with van der Waals surface area (Å²) < 4.78 is 22.5. The van der Waals surface area contributed by atoms with Gasteiger partial charge in [0.25, 0.3) is 0 Å². The van der Waals surface area contributed by atoms with E-state index in [4.69, 9.17) is 2.74 Å². The Morgan fingerprint density at radius 1 is 1.20 bits per heavy atom. The summed E-state index contributed by atoms with van der Waals surface area (Å²) in [5.41, 5.74) is 0. The van der Waals surface area contributed by atoms with E-state index in [1.54, 1.807) is 0 Å². The van der Waals surface area contributed by atoms with Gasteiger partial charge < -0.3 is 9.47 Å². The van der Waals surface area contributed by atoms with Crippen molar-refractivity contribution in [3.8, 4) is 0 Å². The van der Waals surface area contributed by atoms with Gasteiger partial charge in [-0.3, -0.25) is 9.59 Å². The Bertz CT molecular complexity index is 162. The van der Waals surface area contributed by atoms with E-state index in [9.17, 15) is 9.59 Å². The second kappa shape index (κ2) is 4.78. The molecule has 0 N–H and O–H groups in total. The third kappa shape index (κ3) is 6.94. The molecule has 0 aliphatic heterocycles. The molecule has 2 atom stereocenters. The predicted molar refractivity (Wildman–Crippen MR) is 33.3 cm³/mol. The van der Waals surface area contributed by atoms with Crippen molar-refractivity contribution >= 4 is 11.9 Å². The van der Waals surface area contributed by atoms with Gasteiger partial charge in [0.1, 0.15) is 13.2 Å². The lowest BCUT2D eigenvalue weighted by molar-refractivity contribution is -0.149. The number of rotatable bonds is 3. The Balaban J connectivity index is 3.83. The zero-order chi connectivity index (χ0) is 9.72. The van der Waals surface area contributed by atoms with Gasteiger partial charge in [0.05, 0.1) is 2.74 Å². The van der Waals surface area contributed by atoms with Crippen molar-refractivity contribution in [2.45, 2.75) is 13.8 Å². The van der Waals surface area contributed by atoms with Crippen LogP contribution in [-0.2, 0) is 19.1 Å². The lowest BCUT2D eigenvalue weighted by atomic mass is 10.8. The fourth-order valence-corrected chi connectivity index (χ4v) is 0.247. The molecule has 2 unspecified atom stereocenters. The minimum Gasteiger partial charge on any atom is -0.462 e. The molecule has 0 radical (unpaired) electrons. The lowest BCUT2D eigenvalue weighted by Gasteiger charge is -2.00. The maximum Gasteiger partial charge on any atom is 0.302 e. The molecule has 10 heavy (non-hydrogen) atoms. The molecule has 0 aromatic heterocycles. The molecule has 0 aliphatic carbocycles. The smallest absolute Gasteiger partial charge is 0.302 e. The zero-order valence-corrected chi connectivity index (χ0v) is 5.79. The molecule has 0 aromatic carbocycles. The summed E-state index contributed by atoms with van der Waals surface area (Å²) in [6.45, 7) is -0.734. The van der Waals surface area contributed by atoms with Crippen LogP contribution in [0.15, 0.2) is 0 Å². The van der Waals surface area contributed by atoms with E-state index in [0.29, 0.717) is 0 Å². The monoisotopic (exact) mass is 150 g/mol. The molecule has 0 spiro atoms. The first-order valence-corrected chi connectivity index (χ1v) is 2.62. The van der Waals surface area contributed by atoms with Crippen molar-refractivity contribution < 1.29 is 21.8 Å². The highest BCUT2D eigenvalue weighted by atomic mass is 16.7. The third-order valence-electron chi connectivity index (χ3n) is 0.524. The van der Waals surface area contributed by atoms with Gasteiger partial charge in [-0.1, -0.05) is 0 Å². The van der Waals surface area contributed by atoms with Gasteiger partial charge in [-0.15, -0.1) is 0 Å². The minimum atomic E-state index is -1.48. The average molecular weight is 150 g/mol. The zero-order valence-electron chi connectivity index (χ0n) is 7.79. The largest absolute Gasteiger partial charge is 0.462 e. The topological polar surface area (TPSA) is 52.6 Å². The number of hydrogen-bond acceptors (Lipinski definition) is 4. The van der Waals surface area contributed by atoms with Crippen molar-refractivity contribution in [2.75, 3.05) is 13.2 Å². The highest BCUT2D eigenvalue weighted by Crippen LogP contribution is 1.79.